The molecule has 1 aromatic heterocycles. The minimum absolute atomic E-state index is 0.0108. The number of benzene rings is 1. The van der Waals surface area contributed by atoms with Crippen LogP contribution in [-0.2, 0) is 21.6 Å². The molecule has 34 heavy (non-hydrogen) atoms. The molecule has 2 heterocycles. The van der Waals surface area contributed by atoms with Gasteiger partial charge < -0.3 is 14.8 Å². The van der Waals surface area contributed by atoms with Gasteiger partial charge in [0.05, 0.1) is 29.3 Å². The summed E-state index contributed by atoms with van der Waals surface area (Å²) in [6, 6.07) is 5.43. The summed E-state index contributed by atoms with van der Waals surface area (Å²) in [7, 11) is 0. The van der Waals surface area contributed by atoms with E-state index in [1.165, 1.54) is 29.2 Å². The second kappa shape index (κ2) is 8.76. The Balaban J connectivity index is 2.05. The molecule has 3 rings (SSSR count). The Morgan fingerprint density at radius 2 is 1.85 bits per heavy atom. The number of amides is 2. The van der Waals surface area contributed by atoms with Gasteiger partial charge in [0.1, 0.15) is 17.0 Å². The molecule has 0 radical (unpaired) electrons. The fourth-order valence-corrected chi connectivity index (χ4v) is 3.63. The lowest BCUT2D eigenvalue weighted by Crippen LogP contribution is -2.44. The van der Waals surface area contributed by atoms with Crippen molar-refractivity contribution in [3.8, 4) is 0 Å². The lowest BCUT2D eigenvalue weighted by atomic mass is 10.0. The molecule has 1 aliphatic rings. The topological polar surface area (TPSA) is 146 Å². The number of ether oxygens (including phenoxy) is 2. The molecule has 2 aromatic rings. The van der Waals surface area contributed by atoms with Gasteiger partial charge in [-0.2, -0.15) is 5.10 Å². The van der Waals surface area contributed by atoms with E-state index in [0.717, 1.165) is 4.68 Å². The molecule has 0 spiro atoms. The van der Waals surface area contributed by atoms with Crippen LogP contribution in [0.4, 0.5) is 21.1 Å². The number of nitrogens with zero attached hydrogens (tertiary/aromatic N) is 4. The van der Waals surface area contributed by atoms with Gasteiger partial charge in [-0.25, -0.2) is 9.59 Å². The third-order valence-corrected chi connectivity index (χ3v) is 5.19. The molecular formula is C22H27N5O7. The first kappa shape index (κ1) is 24.7. The lowest BCUT2D eigenvalue weighted by Gasteiger charge is -2.33. The second-order valence-electron chi connectivity index (χ2n) is 9.14. The highest BCUT2D eigenvalue weighted by atomic mass is 16.6. The number of aromatic nitrogens is 2. The van der Waals surface area contributed by atoms with E-state index in [2.05, 4.69) is 10.4 Å². The van der Waals surface area contributed by atoms with Crippen molar-refractivity contribution in [2.24, 2.45) is 0 Å². The monoisotopic (exact) mass is 473 g/mol. The van der Waals surface area contributed by atoms with Crippen molar-refractivity contribution >= 4 is 29.6 Å². The van der Waals surface area contributed by atoms with Crippen LogP contribution in [0.25, 0.3) is 0 Å². The predicted molar refractivity (Wildman–Crippen MR) is 120 cm³/mol. The number of para-hydroxylation sites is 1. The van der Waals surface area contributed by atoms with Crippen LogP contribution in [0.3, 0.4) is 0 Å². The van der Waals surface area contributed by atoms with E-state index >= 15 is 0 Å². The quantitative estimate of drug-likeness (QED) is 0.517. The van der Waals surface area contributed by atoms with Crippen LogP contribution in [0, 0.1) is 10.1 Å². The van der Waals surface area contributed by atoms with E-state index in [1.54, 1.807) is 41.5 Å². The number of nitro benzene ring substituents is 1. The average molecular weight is 473 g/mol. The summed E-state index contributed by atoms with van der Waals surface area (Å²) in [6.45, 7) is 10.4. The van der Waals surface area contributed by atoms with Gasteiger partial charge in [-0.3, -0.25) is 19.8 Å². The van der Waals surface area contributed by atoms with E-state index in [4.69, 9.17) is 9.47 Å². The van der Waals surface area contributed by atoms with Gasteiger partial charge in [0, 0.05) is 11.6 Å². The first-order chi connectivity index (χ1) is 15.8. The van der Waals surface area contributed by atoms with E-state index in [0.29, 0.717) is 11.3 Å². The van der Waals surface area contributed by atoms with Gasteiger partial charge in [-0.05, 0) is 47.6 Å². The van der Waals surface area contributed by atoms with E-state index in [-0.39, 0.29) is 24.5 Å². The Hall–Kier alpha value is -3.96. The van der Waals surface area contributed by atoms with Crippen molar-refractivity contribution in [2.45, 2.75) is 59.2 Å². The Kier molecular flexibility index (Phi) is 6.36. The van der Waals surface area contributed by atoms with Crippen molar-refractivity contribution in [3.63, 3.8) is 0 Å². The highest BCUT2D eigenvalue weighted by Gasteiger charge is 2.47. The summed E-state index contributed by atoms with van der Waals surface area (Å²) < 4.78 is 11.5. The molecule has 12 heteroatoms. The molecule has 0 fully saturated rings. The minimum atomic E-state index is -0.979. The number of carbonyl (C=O) groups is 3. The Bertz CT molecular complexity index is 1160. The second-order valence-corrected chi connectivity index (χ2v) is 9.14. The summed E-state index contributed by atoms with van der Waals surface area (Å²) in [5, 5.41) is 18.3. The number of anilines is 1. The maximum Gasteiger partial charge on any atom is 0.436 e. The standard InChI is InChI=1S/C22H27N5O7/c1-7-33-20(30)26-17(23-18(28)13-10-8-9-11-15(13)27(31)32)14-12-25(19(29)34-21(2,3)4)22(5,6)16(14)24-26/h8-11H,7,12H2,1-6H3,(H,23,28). The van der Waals surface area contributed by atoms with Crippen LogP contribution in [-0.4, -0.2) is 49.9 Å². The van der Waals surface area contributed by atoms with Gasteiger partial charge in [0.2, 0.25) is 0 Å². The number of nitro groups is 1. The van der Waals surface area contributed by atoms with Crippen molar-refractivity contribution in [3.05, 3.63) is 51.2 Å². The molecule has 0 aliphatic carbocycles. The zero-order valence-electron chi connectivity index (χ0n) is 19.9. The largest absolute Gasteiger partial charge is 0.448 e. The molecule has 2 amide bonds. The highest BCUT2D eigenvalue weighted by molar-refractivity contribution is 6.07. The normalized spacial score (nSPS) is 14.4. The summed E-state index contributed by atoms with van der Waals surface area (Å²) in [6.07, 6.45) is -1.43. The summed E-state index contributed by atoms with van der Waals surface area (Å²) in [4.78, 5) is 50.6. The van der Waals surface area contributed by atoms with Crippen molar-refractivity contribution in [2.75, 3.05) is 11.9 Å². The predicted octanol–water partition coefficient (Wildman–Crippen LogP) is 4.03. The fraction of sp³-hybridized carbons (Fsp3) is 0.455. The number of hydrogen-bond acceptors (Lipinski definition) is 8. The third-order valence-electron chi connectivity index (χ3n) is 5.19. The van der Waals surface area contributed by atoms with E-state index < -0.39 is 39.8 Å². The zero-order valence-corrected chi connectivity index (χ0v) is 19.9. The molecule has 182 valence electrons. The molecule has 1 aliphatic heterocycles. The molecule has 0 saturated carbocycles. The van der Waals surface area contributed by atoms with Gasteiger partial charge in [-0.1, -0.05) is 12.1 Å². The summed E-state index contributed by atoms with van der Waals surface area (Å²) >= 11 is 0. The number of rotatable bonds is 4. The van der Waals surface area contributed by atoms with Crippen LogP contribution in [0.2, 0.25) is 0 Å². The van der Waals surface area contributed by atoms with Gasteiger partial charge in [0.25, 0.3) is 11.6 Å². The maximum atomic E-state index is 13.0. The molecule has 1 aromatic carbocycles. The number of carbonyl (C=O) groups excluding carboxylic acids is 3. The summed E-state index contributed by atoms with van der Waals surface area (Å²) in [5.41, 5.74) is -1.54. The van der Waals surface area contributed by atoms with Crippen molar-refractivity contribution in [1.29, 1.82) is 0 Å². The Labute approximate surface area is 196 Å². The smallest absolute Gasteiger partial charge is 0.436 e. The van der Waals surface area contributed by atoms with Crippen LogP contribution in [0.1, 0.15) is 63.2 Å². The molecule has 0 saturated heterocycles. The molecule has 0 bridgehead atoms. The Morgan fingerprint density at radius 1 is 1.21 bits per heavy atom. The van der Waals surface area contributed by atoms with Crippen LogP contribution < -0.4 is 5.32 Å². The molecule has 12 nitrogen and oxygen atoms in total. The zero-order chi connectivity index (χ0) is 25.4. The lowest BCUT2D eigenvalue weighted by molar-refractivity contribution is -0.385. The summed E-state index contributed by atoms with van der Waals surface area (Å²) in [5.74, 6) is -0.843. The number of nitrogens with one attached hydrogen (secondary N) is 1. The number of fused-ring (bicyclic) bond motifs is 1. The van der Waals surface area contributed by atoms with Crippen molar-refractivity contribution < 1.29 is 28.8 Å². The third kappa shape index (κ3) is 4.56. The van der Waals surface area contributed by atoms with Gasteiger partial charge >= 0.3 is 12.2 Å². The molecule has 1 N–H and O–H groups in total. The minimum Gasteiger partial charge on any atom is -0.448 e. The van der Waals surface area contributed by atoms with E-state index in [9.17, 15) is 24.5 Å². The van der Waals surface area contributed by atoms with Gasteiger partial charge in [0.15, 0.2) is 0 Å². The molecule has 0 atom stereocenters. The average Bonchev–Trinajstić information content (AvgIpc) is 3.21. The van der Waals surface area contributed by atoms with Crippen molar-refractivity contribution in [1.82, 2.24) is 14.7 Å². The molecule has 0 unspecified atom stereocenters. The van der Waals surface area contributed by atoms with Crippen LogP contribution >= 0.6 is 0 Å². The van der Waals surface area contributed by atoms with Crippen LogP contribution in [0.5, 0.6) is 0 Å². The van der Waals surface area contributed by atoms with Gasteiger partial charge in [-0.15, -0.1) is 4.68 Å². The number of hydrogen-bond donors (Lipinski definition) is 1. The maximum absolute atomic E-state index is 13.0. The first-order valence-corrected chi connectivity index (χ1v) is 10.6. The first-order valence-electron chi connectivity index (χ1n) is 10.6. The SMILES string of the molecule is CCOC(=O)n1nc2c(c1NC(=O)c1ccccc1[N+](=O)[O-])CN(C(=O)OC(C)(C)C)C2(C)C. The van der Waals surface area contributed by atoms with E-state index in [1.807, 2.05) is 0 Å². The molecular weight excluding hydrogens is 446 g/mol. The Morgan fingerprint density at radius 3 is 2.44 bits per heavy atom. The highest BCUT2D eigenvalue weighted by Crippen LogP contribution is 2.42. The van der Waals surface area contributed by atoms with Crippen LogP contribution in [0.15, 0.2) is 24.3 Å². The fourth-order valence-electron chi connectivity index (χ4n) is 3.63.